The minimum atomic E-state index is 0.401. The molecule has 0 spiro atoms. The molecule has 2 aromatic heterocycles. The smallest absolute Gasteiger partial charge is 0.141 e. The summed E-state index contributed by atoms with van der Waals surface area (Å²) in [5.74, 6) is 1.62. The molecule has 0 radical (unpaired) electrons. The maximum atomic E-state index is 5.58. The first kappa shape index (κ1) is 9.79. The quantitative estimate of drug-likeness (QED) is 0.796. The Kier molecular flexibility index (Phi) is 2.73. The van der Waals surface area contributed by atoms with Crippen LogP contribution in [0.25, 0.3) is 5.82 Å². The molecule has 2 N–H and O–H groups in total. The molecule has 0 saturated heterocycles. The van der Waals surface area contributed by atoms with E-state index in [0.29, 0.717) is 6.54 Å². The Balaban J connectivity index is 2.44. The summed E-state index contributed by atoms with van der Waals surface area (Å²) in [6.45, 7) is 2.46. The van der Waals surface area contributed by atoms with Crippen LogP contribution in [0.1, 0.15) is 18.4 Å². The minimum Gasteiger partial charge on any atom is -0.324 e. The van der Waals surface area contributed by atoms with Crippen LogP contribution in [0.3, 0.4) is 0 Å². The first-order chi connectivity index (χ1) is 7.35. The van der Waals surface area contributed by atoms with E-state index in [0.717, 1.165) is 23.8 Å². The normalized spacial score (nSPS) is 10.5. The highest BCUT2D eigenvalue weighted by atomic mass is 15.1. The van der Waals surface area contributed by atoms with Crippen LogP contribution in [0.2, 0.25) is 0 Å². The second kappa shape index (κ2) is 4.18. The molecule has 0 fully saturated rings. The van der Waals surface area contributed by atoms with Crippen LogP contribution in [0.4, 0.5) is 0 Å². The van der Waals surface area contributed by atoms with E-state index in [1.165, 1.54) is 0 Å². The van der Waals surface area contributed by atoms with Crippen LogP contribution in [0.15, 0.2) is 24.8 Å². The lowest BCUT2D eigenvalue weighted by molar-refractivity contribution is 0.835. The molecule has 2 aromatic rings. The molecule has 15 heavy (non-hydrogen) atoms. The fourth-order valence-electron chi connectivity index (χ4n) is 1.40. The van der Waals surface area contributed by atoms with Gasteiger partial charge in [-0.1, -0.05) is 6.92 Å². The third-order valence-electron chi connectivity index (χ3n) is 2.22. The number of nitrogens with zero attached hydrogens (tertiary/aromatic N) is 4. The van der Waals surface area contributed by atoms with E-state index in [2.05, 4.69) is 21.9 Å². The fraction of sp³-hybridized carbons (Fsp3) is 0.300. The van der Waals surface area contributed by atoms with Crippen molar-refractivity contribution >= 4 is 0 Å². The monoisotopic (exact) mass is 203 g/mol. The SMILES string of the molecule is CCc1cc(-n2ccnc2CN)ncn1. The van der Waals surface area contributed by atoms with Crippen molar-refractivity contribution in [2.45, 2.75) is 19.9 Å². The van der Waals surface area contributed by atoms with Crippen LogP contribution < -0.4 is 5.73 Å². The Morgan fingerprint density at radius 1 is 1.33 bits per heavy atom. The van der Waals surface area contributed by atoms with E-state index < -0.39 is 0 Å². The minimum absolute atomic E-state index is 0.401. The molecule has 2 heterocycles. The molecule has 0 amide bonds. The average Bonchev–Trinajstić information content (AvgIpc) is 2.77. The molecule has 0 aromatic carbocycles. The lowest BCUT2D eigenvalue weighted by atomic mass is 10.3. The standard InChI is InChI=1S/C10H13N5/c1-2-8-5-9(14-7-13-8)15-4-3-12-10(15)6-11/h3-5,7H,2,6,11H2,1H3. The topological polar surface area (TPSA) is 69.6 Å². The van der Waals surface area contributed by atoms with Gasteiger partial charge in [-0.05, 0) is 6.42 Å². The van der Waals surface area contributed by atoms with Gasteiger partial charge in [0.15, 0.2) is 0 Å². The van der Waals surface area contributed by atoms with Crippen LogP contribution in [0, 0.1) is 0 Å². The maximum Gasteiger partial charge on any atom is 0.141 e. The largest absolute Gasteiger partial charge is 0.324 e. The van der Waals surface area contributed by atoms with Crippen molar-refractivity contribution < 1.29 is 0 Å². The molecule has 5 heteroatoms. The van der Waals surface area contributed by atoms with Crippen molar-refractivity contribution in [1.29, 1.82) is 0 Å². The highest BCUT2D eigenvalue weighted by Crippen LogP contribution is 2.08. The summed E-state index contributed by atoms with van der Waals surface area (Å²) in [6.07, 6.45) is 6.02. The molecule has 0 atom stereocenters. The van der Waals surface area contributed by atoms with Gasteiger partial charge in [0, 0.05) is 24.2 Å². The molecule has 0 saturated carbocycles. The molecule has 0 aliphatic heterocycles. The fourth-order valence-corrected chi connectivity index (χ4v) is 1.40. The summed E-state index contributed by atoms with van der Waals surface area (Å²) in [5.41, 5.74) is 6.59. The zero-order valence-corrected chi connectivity index (χ0v) is 8.59. The Morgan fingerprint density at radius 3 is 2.93 bits per heavy atom. The highest BCUT2D eigenvalue weighted by molar-refractivity contribution is 5.25. The van der Waals surface area contributed by atoms with E-state index in [4.69, 9.17) is 5.73 Å². The first-order valence-corrected chi connectivity index (χ1v) is 4.88. The predicted molar refractivity (Wildman–Crippen MR) is 56.4 cm³/mol. The molecule has 0 unspecified atom stereocenters. The van der Waals surface area contributed by atoms with Crippen molar-refractivity contribution in [2.24, 2.45) is 5.73 Å². The van der Waals surface area contributed by atoms with Crippen LogP contribution in [-0.4, -0.2) is 19.5 Å². The first-order valence-electron chi connectivity index (χ1n) is 4.88. The lowest BCUT2D eigenvalue weighted by Crippen LogP contribution is -2.08. The number of nitrogens with two attached hydrogens (primary N) is 1. The molecule has 0 aliphatic carbocycles. The number of rotatable bonds is 3. The zero-order valence-electron chi connectivity index (χ0n) is 8.59. The van der Waals surface area contributed by atoms with Gasteiger partial charge < -0.3 is 5.73 Å². The molecule has 5 nitrogen and oxygen atoms in total. The van der Waals surface area contributed by atoms with Gasteiger partial charge in [-0.15, -0.1) is 0 Å². The third kappa shape index (κ3) is 1.87. The Hall–Kier alpha value is -1.75. The van der Waals surface area contributed by atoms with Gasteiger partial charge in [0.25, 0.3) is 0 Å². The van der Waals surface area contributed by atoms with Crippen molar-refractivity contribution in [3.63, 3.8) is 0 Å². The molecular formula is C10H13N5. The summed E-state index contributed by atoms with van der Waals surface area (Å²) in [4.78, 5) is 12.5. The van der Waals surface area contributed by atoms with Crippen molar-refractivity contribution in [2.75, 3.05) is 0 Å². The number of hydrogen-bond acceptors (Lipinski definition) is 4. The van der Waals surface area contributed by atoms with Gasteiger partial charge in [-0.2, -0.15) is 0 Å². The maximum absolute atomic E-state index is 5.58. The molecule has 78 valence electrons. The van der Waals surface area contributed by atoms with E-state index in [1.54, 1.807) is 12.5 Å². The third-order valence-corrected chi connectivity index (χ3v) is 2.22. The van der Waals surface area contributed by atoms with Gasteiger partial charge in [-0.3, -0.25) is 4.57 Å². The van der Waals surface area contributed by atoms with Gasteiger partial charge in [0.05, 0.1) is 6.54 Å². The number of aryl methyl sites for hydroxylation is 1. The summed E-state index contributed by atoms with van der Waals surface area (Å²) in [7, 11) is 0. The van der Waals surface area contributed by atoms with Gasteiger partial charge >= 0.3 is 0 Å². The van der Waals surface area contributed by atoms with Crippen molar-refractivity contribution in [3.8, 4) is 5.82 Å². The predicted octanol–water partition coefficient (Wildman–Crippen LogP) is 0.683. The average molecular weight is 203 g/mol. The van der Waals surface area contributed by atoms with Gasteiger partial charge in [0.2, 0.25) is 0 Å². The molecule has 2 rings (SSSR count). The van der Waals surface area contributed by atoms with E-state index >= 15 is 0 Å². The molecular weight excluding hydrogens is 190 g/mol. The Labute approximate surface area is 88.0 Å². The summed E-state index contributed by atoms with van der Waals surface area (Å²) in [6, 6.07) is 1.95. The van der Waals surface area contributed by atoms with Gasteiger partial charge in [0.1, 0.15) is 18.0 Å². The van der Waals surface area contributed by atoms with Gasteiger partial charge in [-0.25, -0.2) is 15.0 Å². The van der Waals surface area contributed by atoms with Crippen molar-refractivity contribution in [3.05, 3.63) is 36.3 Å². The number of aromatic nitrogens is 4. The molecule has 0 aliphatic rings. The van der Waals surface area contributed by atoms with E-state index in [-0.39, 0.29) is 0 Å². The second-order valence-electron chi connectivity index (χ2n) is 3.14. The Bertz CT molecular complexity index is 449. The van der Waals surface area contributed by atoms with Crippen LogP contribution in [0.5, 0.6) is 0 Å². The highest BCUT2D eigenvalue weighted by Gasteiger charge is 2.04. The van der Waals surface area contributed by atoms with Crippen LogP contribution >= 0.6 is 0 Å². The second-order valence-corrected chi connectivity index (χ2v) is 3.14. The van der Waals surface area contributed by atoms with Crippen molar-refractivity contribution in [1.82, 2.24) is 19.5 Å². The summed E-state index contributed by atoms with van der Waals surface area (Å²) >= 11 is 0. The number of hydrogen-bond donors (Lipinski definition) is 1. The molecule has 0 bridgehead atoms. The summed E-state index contributed by atoms with van der Waals surface area (Å²) in [5, 5.41) is 0. The Morgan fingerprint density at radius 2 is 2.20 bits per heavy atom. The van der Waals surface area contributed by atoms with E-state index in [9.17, 15) is 0 Å². The van der Waals surface area contributed by atoms with E-state index in [1.807, 2.05) is 16.8 Å². The van der Waals surface area contributed by atoms with Crippen LogP contribution in [-0.2, 0) is 13.0 Å². The number of imidazole rings is 1. The lowest BCUT2D eigenvalue weighted by Gasteiger charge is -2.05. The zero-order chi connectivity index (χ0) is 10.7. The summed E-state index contributed by atoms with van der Waals surface area (Å²) < 4.78 is 1.88.